The van der Waals surface area contributed by atoms with Gasteiger partial charge in [0.05, 0.1) is 11.8 Å². The zero-order valence-electron chi connectivity index (χ0n) is 13.2. The molecule has 1 amide bonds. The third-order valence-electron chi connectivity index (χ3n) is 3.20. The van der Waals surface area contributed by atoms with Gasteiger partial charge in [0.25, 0.3) is 10.1 Å². The summed E-state index contributed by atoms with van der Waals surface area (Å²) in [4.78, 5) is 13.4. The smallest absolute Gasteiger partial charge is 0.407 e. The minimum atomic E-state index is -3.98. The van der Waals surface area contributed by atoms with Crippen LogP contribution in [0.1, 0.15) is 33.6 Å². The molecular formula is C13H25FN2O5S. The maximum Gasteiger partial charge on any atom is 0.407 e. The lowest BCUT2D eigenvalue weighted by molar-refractivity contribution is 0.0398. The molecule has 0 aromatic carbocycles. The van der Waals surface area contributed by atoms with E-state index in [1.807, 2.05) is 0 Å². The number of alkyl halides is 1. The van der Waals surface area contributed by atoms with Gasteiger partial charge in [-0.25, -0.2) is 9.18 Å². The quantitative estimate of drug-likeness (QED) is 0.730. The number of carbonyl (C=O) groups is 1. The van der Waals surface area contributed by atoms with Crippen molar-refractivity contribution >= 4 is 16.2 Å². The summed E-state index contributed by atoms with van der Waals surface area (Å²) in [7, 11) is -3.98. The van der Waals surface area contributed by atoms with Crippen LogP contribution >= 0.6 is 0 Å². The second-order valence-corrected chi connectivity index (χ2v) is 8.07. The van der Waals surface area contributed by atoms with Crippen LogP contribution in [0.25, 0.3) is 0 Å². The molecule has 0 aromatic heterocycles. The van der Waals surface area contributed by atoms with E-state index < -0.39 is 34.0 Å². The average Bonchev–Trinajstić information content (AvgIpc) is 2.28. The summed E-state index contributed by atoms with van der Waals surface area (Å²) in [6.07, 6.45) is -1.21. The molecule has 0 saturated carbocycles. The summed E-state index contributed by atoms with van der Waals surface area (Å²) < 4.78 is 49.1. The number of likely N-dealkylation sites (tertiary alicyclic amines) is 1. The van der Waals surface area contributed by atoms with Crippen molar-refractivity contribution in [3.05, 3.63) is 0 Å². The van der Waals surface area contributed by atoms with Crippen molar-refractivity contribution in [2.75, 3.05) is 25.4 Å². The molecule has 1 fully saturated rings. The van der Waals surface area contributed by atoms with E-state index in [4.69, 9.17) is 9.29 Å². The number of alkyl carbamates (subject to hydrolysis) is 1. The minimum Gasteiger partial charge on any atom is -0.444 e. The van der Waals surface area contributed by atoms with E-state index in [1.54, 1.807) is 25.7 Å². The number of nitrogens with zero attached hydrogens (tertiary/aromatic N) is 1. The molecule has 1 saturated heterocycles. The molecule has 0 aliphatic carbocycles. The number of hydrogen-bond donors (Lipinski definition) is 2. The van der Waals surface area contributed by atoms with Crippen LogP contribution in [-0.2, 0) is 14.9 Å². The Morgan fingerprint density at radius 3 is 2.59 bits per heavy atom. The molecule has 1 heterocycles. The fraction of sp³-hybridized carbons (Fsp3) is 0.923. The zero-order chi connectivity index (χ0) is 17.0. The highest BCUT2D eigenvalue weighted by Crippen LogP contribution is 2.16. The molecule has 0 bridgehead atoms. The van der Waals surface area contributed by atoms with Gasteiger partial charge in [-0.15, -0.1) is 0 Å². The Kier molecular flexibility index (Phi) is 6.57. The van der Waals surface area contributed by atoms with E-state index >= 15 is 0 Å². The molecule has 1 rings (SSSR count). The second-order valence-electron chi connectivity index (χ2n) is 6.50. The highest BCUT2D eigenvalue weighted by atomic mass is 32.2. The first-order valence-corrected chi connectivity index (χ1v) is 8.88. The molecule has 2 unspecified atom stereocenters. The van der Waals surface area contributed by atoms with E-state index in [9.17, 15) is 17.6 Å². The minimum absolute atomic E-state index is 0.117. The van der Waals surface area contributed by atoms with Gasteiger partial charge in [-0.2, -0.15) is 8.42 Å². The molecule has 130 valence electrons. The van der Waals surface area contributed by atoms with E-state index in [1.165, 1.54) is 0 Å². The second kappa shape index (κ2) is 7.56. The fourth-order valence-corrected chi connectivity index (χ4v) is 2.76. The number of rotatable bonds is 5. The maximum atomic E-state index is 14.1. The number of amides is 1. The Hall–Kier alpha value is -0.930. The number of piperidine rings is 1. The molecule has 7 nitrogen and oxygen atoms in total. The van der Waals surface area contributed by atoms with Crippen molar-refractivity contribution in [1.82, 2.24) is 10.2 Å². The molecule has 9 heteroatoms. The van der Waals surface area contributed by atoms with E-state index in [0.29, 0.717) is 19.5 Å². The fourth-order valence-electron chi connectivity index (χ4n) is 2.26. The van der Waals surface area contributed by atoms with Gasteiger partial charge >= 0.3 is 6.09 Å². The van der Waals surface area contributed by atoms with Crippen LogP contribution in [0, 0.1) is 0 Å². The average molecular weight is 340 g/mol. The molecular weight excluding hydrogens is 315 g/mol. The maximum absolute atomic E-state index is 14.1. The lowest BCUT2D eigenvalue weighted by atomic mass is 10.0. The van der Waals surface area contributed by atoms with E-state index in [2.05, 4.69) is 5.32 Å². The summed E-state index contributed by atoms with van der Waals surface area (Å²) in [6, 6.07) is -0.604. The predicted octanol–water partition coefficient (Wildman–Crippen LogP) is 1.20. The topological polar surface area (TPSA) is 95.9 Å². The molecule has 1 aliphatic rings. The van der Waals surface area contributed by atoms with Crippen LogP contribution in [0.4, 0.5) is 9.18 Å². The highest BCUT2D eigenvalue weighted by Gasteiger charge is 2.31. The monoisotopic (exact) mass is 340 g/mol. The molecule has 2 N–H and O–H groups in total. The van der Waals surface area contributed by atoms with Gasteiger partial charge in [0.1, 0.15) is 11.8 Å². The first kappa shape index (κ1) is 19.1. The predicted molar refractivity (Wildman–Crippen MR) is 80.1 cm³/mol. The third-order valence-corrected chi connectivity index (χ3v) is 4.01. The summed E-state index contributed by atoms with van der Waals surface area (Å²) in [6.45, 7) is 6.25. The van der Waals surface area contributed by atoms with Crippen LogP contribution in [0.15, 0.2) is 0 Å². The van der Waals surface area contributed by atoms with Crippen molar-refractivity contribution in [2.24, 2.45) is 0 Å². The lowest BCUT2D eigenvalue weighted by Gasteiger charge is -2.35. The van der Waals surface area contributed by atoms with Gasteiger partial charge in [0.2, 0.25) is 0 Å². The first-order valence-electron chi connectivity index (χ1n) is 7.27. The van der Waals surface area contributed by atoms with Gasteiger partial charge in [-0.3, -0.25) is 4.55 Å². The van der Waals surface area contributed by atoms with Crippen molar-refractivity contribution in [3.8, 4) is 0 Å². The number of halogens is 1. The number of carbonyl (C=O) groups excluding carboxylic acids is 1. The van der Waals surface area contributed by atoms with Crippen LogP contribution in [0.3, 0.4) is 0 Å². The van der Waals surface area contributed by atoms with Crippen molar-refractivity contribution in [3.63, 3.8) is 0 Å². The van der Waals surface area contributed by atoms with Crippen molar-refractivity contribution < 1.29 is 26.9 Å². The van der Waals surface area contributed by atoms with Gasteiger partial charge in [0.15, 0.2) is 0 Å². The summed E-state index contributed by atoms with van der Waals surface area (Å²) in [5.74, 6) is -0.333. The molecule has 2 atom stereocenters. The number of ether oxygens (including phenoxy) is 1. The Morgan fingerprint density at radius 1 is 1.45 bits per heavy atom. The summed E-state index contributed by atoms with van der Waals surface area (Å²) >= 11 is 0. The van der Waals surface area contributed by atoms with Crippen LogP contribution in [0.2, 0.25) is 0 Å². The highest BCUT2D eigenvalue weighted by molar-refractivity contribution is 7.85. The van der Waals surface area contributed by atoms with Gasteiger partial charge in [0, 0.05) is 13.1 Å². The molecule has 0 aromatic rings. The van der Waals surface area contributed by atoms with Crippen molar-refractivity contribution in [1.29, 1.82) is 0 Å². The standard InChI is InChI=1S/C13H25FN2O5S/c1-13(2,3)21-12(17)15-11-5-7-16(9-10(11)14)6-4-8-22(18,19)20/h10-11H,4-9H2,1-3H3,(H,15,17)(H,18,19,20). The molecule has 22 heavy (non-hydrogen) atoms. The van der Waals surface area contributed by atoms with Crippen LogP contribution < -0.4 is 5.32 Å². The Balaban J connectivity index is 2.35. The number of nitrogens with one attached hydrogen (secondary N) is 1. The van der Waals surface area contributed by atoms with Gasteiger partial charge < -0.3 is 15.0 Å². The Labute approximate surface area is 130 Å². The van der Waals surface area contributed by atoms with E-state index in [0.717, 1.165) is 0 Å². The first-order chi connectivity index (χ1) is 9.96. The zero-order valence-corrected chi connectivity index (χ0v) is 14.0. The Bertz CT molecular complexity index is 477. The van der Waals surface area contributed by atoms with Crippen molar-refractivity contribution in [2.45, 2.75) is 51.4 Å². The summed E-state index contributed by atoms with van der Waals surface area (Å²) in [5.41, 5.74) is -0.633. The molecule has 1 aliphatic heterocycles. The van der Waals surface area contributed by atoms with E-state index in [-0.39, 0.29) is 18.7 Å². The van der Waals surface area contributed by atoms with Gasteiger partial charge in [-0.1, -0.05) is 0 Å². The van der Waals surface area contributed by atoms with Crippen LogP contribution in [0.5, 0.6) is 0 Å². The third kappa shape index (κ3) is 7.90. The Morgan fingerprint density at radius 2 is 2.09 bits per heavy atom. The number of hydrogen-bond acceptors (Lipinski definition) is 5. The lowest BCUT2D eigenvalue weighted by Crippen LogP contribution is -2.53. The van der Waals surface area contributed by atoms with Gasteiger partial charge in [-0.05, 0) is 40.2 Å². The van der Waals surface area contributed by atoms with Crippen LogP contribution in [-0.4, -0.2) is 67.2 Å². The largest absolute Gasteiger partial charge is 0.444 e. The SMILES string of the molecule is CC(C)(C)OC(=O)NC1CCN(CCCS(=O)(=O)O)CC1F. The molecule has 0 radical (unpaired) electrons. The normalized spacial score (nSPS) is 24.0. The molecule has 0 spiro atoms. The summed E-state index contributed by atoms with van der Waals surface area (Å²) in [5, 5.41) is 2.53.